The molecule has 1 aliphatic carbocycles. The van der Waals surface area contributed by atoms with Gasteiger partial charge in [-0.05, 0) is 31.9 Å². The molecule has 0 spiro atoms. The number of aryl methyl sites for hydroxylation is 1. The van der Waals surface area contributed by atoms with Gasteiger partial charge in [-0.15, -0.1) is 0 Å². The number of aromatic nitrogens is 2. The second kappa shape index (κ2) is 6.20. The van der Waals surface area contributed by atoms with E-state index in [9.17, 15) is 15.0 Å². The van der Waals surface area contributed by atoms with Crippen molar-refractivity contribution in [2.75, 3.05) is 6.61 Å². The van der Waals surface area contributed by atoms with Gasteiger partial charge in [0, 0.05) is 31.0 Å². The Bertz CT molecular complexity index is 653. The van der Waals surface area contributed by atoms with E-state index in [-0.39, 0.29) is 24.5 Å². The Labute approximate surface area is 132 Å². The number of nitrogens with one attached hydrogen (secondary N) is 1. The first-order chi connectivity index (χ1) is 10.6. The highest BCUT2D eigenvalue weighted by Crippen LogP contribution is 2.27. The van der Waals surface area contributed by atoms with Crippen molar-refractivity contribution < 1.29 is 15.0 Å². The van der Waals surface area contributed by atoms with E-state index in [1.165, 1.54) is 11.3 Å². The Kier molecular flexibility index (Phi) is 4.28. The van der Waals surface area contributed by atoms with Crippen molar-refractivity contribution in [1.29, 1.82) is 0 Å². The lowest BCUT2D eigenvalue weighted by molar-refractivity contribution is 0.0904. The average Bonchev–Trinajstić information content (AvgIpc) is 3.18. The zero-order chi connectivity index (χ0) is 15.7. The van der Waals surface area contributed by atoms with Crippen LogP contribution in [0.2, 0.25) is 0 Å². The largest absolute Gasteiger partial charge is 0.396 e. The molecule has 3 rings (SSSR count). The third-order valence-corrected chi connectivity index (χ3v) is 5.21. The van der Waals surface area contributed by atoms with Crippen molar-refractivity contribution in [1.82, 2.24) is 14.9 Å². The monoisotopic (exact) mass is 321 g/mol. The lowest BCUT2D eigenvalue weighted by Crippen LogP contribution is -2.33. The van der Waals surface area contributed by atoms with Gasteiger partial charge in [0.25, 0.3) is 5.91 Å². The van der Waals surface area contributed by atoms with E-state index in [2.05, 4.69) is 10.3 Å². The molecule has 3 atom stereocenters. The van der Waals surface area contributed by atoms with Crippen LogP contribution < -0.4 is 5.32 Å². The van der Waals surface area contributed by atoms with Crippen LogP contribution in [-0.4, -0.2) is 44.4 Å². The minimum Gasteiger partial charge on any atom is -0.396 e. The van der Waals surface area contributed by atoms with Gasteiger partial charge in [-0.2, -0.15) is 0 Å². The number of rotatable bonds is 4. The fraction of sp³-hybridized carbons (Fsp3) is 0.467. The standard InChI is InChI=1S/C15H19N3O3S/c1-9-13(22-15(16-9)18-4-2-3-5-18)14(21)17-11-6-10(8-19)12(20)7-11/h2-5,10-12,19-20H,6-8H2,1H3,(H,17,21)/t10-,11-,12-/m1/s1. The summed E-state index contributed by atoms with van der Waals surface area (Å²) < 4.78 is 1.87. The molecule has 22 heavy (non-hydrogen) atoms. The highest BCUT2D eigenvalue weighted by molar-refractivity contribution is 7.16. The summed E-state index contributed by atoms with van der Waals surface area (Å²) in [6, 6.07) is 3.72. The first-order valence-electron chi connectivity index (χ1n) is 7.29. The molecule has 1 amide bonds. The van der Waals surface area contributed by atoms with Gasteiger partial charge in [0.15, 0.2) is 5.13 Å². The van der Waals surface area contributed by atoms with Gasteiger partial charge in [-0.25, -0.2) is 4.98 Å². The van der Waals surface area contributed by atoms with E-state index in [0.717, 1.165) is 5.13 Å². The molecule has 0 aromatic carbocycles. The van der Waals surface area contributed by atoms with Gasteiger partial charge < -0.3 is 20.1 Å². The van der Waals surface area contributed by atoms with Gasteiger partial charge in [-0.3, -0.25) is 4.79 Å². The van der Waals surface area contributed by atoms with E-state index in [1.807, 2.05) is 36.0 Å². The summed E-state index contributed by atoms with van der Waals surface area (Å²) in [5.74, 6) is -0.313. The number of hydrogen-bond donors (Lipinski definition) is 3. The minimum absolute atomic E-state index is 0.0507. The van der Waals surface area contributed by atoms with Gasteiger partial charge >= 0.3 is 0 Å². The molecular formula is C15H19N3O3S. The fourth-order valence-corrected chi connectivity index (χ4v) is 3.77. The molecular weight excluding hydrogens is 302 g/mol. The lowest BCUT2D eigenvalue weighted by Gasteiger charge is -2.11. The number of amides is 1. The maximum Gasteiger partial charge on any atom is 0.263 e. The third-order valence-electron chi connectivity index (χ3n) is 4.04. The summed E-state index contributed by atoms with van der Waals surface area (Å²) in [6.07, 6.45) is 4.32. The molecule has 1 aliphatic rings. The van der Waals surface area contributed by atoms with Crippen molar-refractivity contribution in [2.45, 2.75) is 31.9 Å². The lowest BCUT2D eigenvalue weighted by atomic mass is 10.1. The van der Waals surface area contributed by atoms with Crippen molar-refractivity contribution in [2.24, 2.45) is 5.92 Å². The molecule has 0 aliphatic heterocycles. The summed E-state index contributed by atoms with van der Waals surface area (Å²) in [6.45, 7) is 1.77. The van der Waals surface area contributed by atoms with E-state index < -0.39 is 6.10 Å². The highest BCUT2D eigenvalue weighted by Gasteiger charge is 2.33. The first-order valence-corrected chi connectivity index (χ1v) is 8.10. The summed E-state index contributed by atoms with van der Waals surface area (Å²) in [5.41, 5.74) is 0.698. The number of hydrogen-bond acceptors (Lipinski definition) is 5. The molecule has 0 unspecified atom stereocenters. The number of aliphatic hydroxyl groups excluding tert-OH is 2. The van der Waals surface area contributed by atoms with Crippen LogP contribution in [0.5, 0.6) is 0 Å². The van der Waals surface area contributed by atoms with Crippen molar-refractivity contribution in [3.63, 3.8) is 0 Å². The number of carbonyl (C=O) groups excluding carboxylic acids is 1. The molecule has 0 bridgehead atoms. The summed E-state index contributed by atoms with van der Waals surface area (Å²) in [7, 11) is 0. The van der Waals surface area contributed by atoms with Crippen molar-refractivity contribution >= 4 is 17.2 Å². The molecule has 3 N–H and O–H groups in total. The van der Waals surface area contributed by atoms with Gasteiger partial charge in [0.2, 0.25) is 0 Å². The molecule has 2 heterocycles. The Morgan fingerprint density at radius 2 is 2.18 bits per heavy atom. The molecule has 6 nitrogen and oxygen atoms in total. The second-order valence-electron chi connectivity index (χ2n) is 5.65. The summed E-state index contributed by atoms with van der Waals surface area (Å²) in [5, 5.41) is 22.7. The SMILES string of the molecule is Cc1nc(-n2cccc2)sc1C(=O)N[C@@H]1C[C@H](CO)[C@H](O)C1. The zero-order valence-corrected chi connectivity index (χ0v) is 13.1. The average molecular weight is 321 g/mol. The Morgan fingerprint density at radius 3 is 2.82 bits per heavy atom. The molecule has 118 valence electrons. The predicted octanol–water partition coefficient (Wildman–Crippen LogP) is 1.10. The number of carbonyl (C=O) groups is 1. The van der Waals surface area contributed by atoms with E-state index >= 15 is 0 Å². The van der Waals surface area contributed by atoms with Gasteiger partial charge in [0.1, 0.15) is 4.88 Å². The Balaban J connectivity index is 1.71. The van der Waals surface area contributed by atoms with Crippen LogP contribution in [0.3, 0.4) is 0 Å². The number of nitrogens with zero attached hydrogens (tertiary/aromatic N) is 2. The van der Waals surface area contributed by atoms with Crippen LogP contribution in [0.25, 0.3) is 5.13 Å². The van der Waals surface area contributed by atoms with Crippen LogP contribution in [0.15, 0.2) is 24.5 Å². The summed E-state index contributed by atoms with van der Waals surface area (Å²) in [4.78, 5) is 17.4. The van der Waals surface area contributed by atoms with E-state index in [1.54, 1.807) is 0 Å². The third kappa shape index (κ3) is 2.92. The quantitative estimate of drug-likeness (QED) is 0.787. The van der Waals surface area contributed by atoms with Gasteiger partial charge in [-0.1, -0.05) is 11.3 Å². The molecule has 0 saturated heterocycles. The second-order valence-corrected chi connectivity index (χ2v) is 6.63. The van der Waals surface area contributed by atoms with E-state index in [0.29, 0.717) is 23.4 Å². The molecule has 2 aromatic heterocycles. The van der Waals surface area contributed by atoms with Crippen LogP contribution >= 0.6 is 11.3 Å². The van der Waals surface area contributed by atoms with Crippen LogP contribution in [0, 0.1) is 12.8 Å². The first kappa shape index (κ1) is 15.2. The summed E-state index contributed by atoms with van der Waals surface area (Å²) >= 11 is 1.34. The maximum atomic E-state index is 12.4. The molecule has 2 aromatic rings. The molecule has 0 radical (unpaired) electrons. The van der Waals surface area contributed by atoms with Crippen LogP contribution in [0.4, 0.5) is 0 Å². The van der Waals surface area contributed by atoms with Crippen molar-refractivity contribution in [3.8, 4) is 5.13 Å². The van der Waals surface area contributed by atoms with Crippen molar-refractivity contribution in [3.05, 3.63) is 35.1 Å². The fourth-order valence-electron chi connectivity index (χ4n) is 2.83. The molecule has 7 heteroatoms. The highest BCUT2D eigenvalue weighted by atomic mass is 32.1. The van der Waals surface area contributed by atoms with Gasteiger partial charge in [0.05, 0.1) is 11.8 Å². The topological polar surface area (TPSA) is 87.4 Å². The number of aliphatic hydroxyl groups is 2. The van der Waals surface area contributed by atoms with E-state index in [4.69, 9.17) is 0 Å². The van der Waals surface area contributed by atoms with Crippen LogP contribution in [0.1, 0.15) is 28.2 Å². The smallest absolute Gasteiger partial charge is 0.263 e. The molecule has 1 fully saturated rings. The molecule has 1 saturated carbocycles. The predicted molar refractivity (Wildman–Crippen MR) is 83.2 cm³/mol. The van der Waals surface area contributed by atoms with Crippen LogP contribution in [-0.2, 0) is 0 Å². The normalized spacial score (nSPS) is 24.6. The zero-order valence-electron chi connectivity index (χ0n) is 12.3. The Hall–Kier alpha value is -1.70. The minimum atomic E-state index is -0.548. The Morgan fingerprint density at radius 1 is 1.45 bits per heavy atom. The number of thiazole rings is 1. The maximum absolute atomic E-state index is 12.4.